The maximum atomic E-state index is 12.6. The van der Waals surface area contributed by atoms with Crippen LogP contribution in [-0.2, 0) is 4.74 Å². The molecule has 1 aromatic heterocycles. The number of nitrogens with zero attached hydrogens (tertiary/aromatic N) is 4. The lowest BCUT2D eigenvalue weighted by Gasteiger charge is -2.07. The van der Waals surface area contributed by atoms with E-state index in [1.165, 1.54) is 0 Å². The van der Waals surface area contributed by atoms with E-state index in [4.69, 9.17) is 9.47 Å². The van der Waals surface area contributed by atoms with Gasteiger partial charge in [-0.1, -0.05) is 18.2 Å². The molecule has 0 atom stereocenters. The summed E-state index contributed by atoms with van der Waals surface area (Å²) < 4.78 is 11.3. The fourth-order valence-corrected chi connectivity index (χ4v) is 2.57. The molecule has 0 amide bonds. The van der Waals surface area contributed by atoms with Crippen LogP contribution in [0.3, 0.4) is 0 Å². The van der Waals surface area contributed by atoms with E-state index in [9.17, 15) is 29.8 Å². The van der Waals surface area contributed by atoms with E-state index in [0.717, 1.165) is 28.9 Å². The van der Waals surface area contributed by atoms with Crippen LogP contribution in [0.2, 0.25) is 0 Å². The van der Waals surface area contributed by atoms with Crippen molar-refractivity contribution in [2.24, 2.45) is 0 Å². The van der Waals surface area contributed by atoms with E-state index in [-0.39, 0.29) is 18.2 Å². The largest absolute Gasteiger partial charge is 0.461 e. The van der Waals surface area contributed by atoms with Crippen molar-refractivity contribution in [2.75, 3.05) is 6.61 Å². The maximum Gasteiger partial charge on any atom is 0.358 e. The Morgan fingerprint density at radius 3 is 2.13 bits per heavy atom. The first-order valence-electron chi connectivity index (χ1n) is 8.78. The minimum atomic E-state index is -1.11. The Morgan fingerprint density at radius 2 is 1.58 bits per heavy atom. The summed E-state index contributed by atoms with van der Waals surface area (Å²) in [6.07, 6.45) is 0. The standard InChI is InChI=1S/C19H14N4O8/c1-2-30-19(25)16-11-17(21(20-16)13-6-4-3-5-7-13)31-18(24)12-8-14(22(26)27)10-15(9-12)23(28)29/h3-11H,2H2,1H3. The number of rotatable bonds is 7. The number of carbonyl (C=O) groups excluding carboxylic acids is 2. The number of non-ortho nitro benzene ring substituents is 2. The molecular formula is C19H14N4O8. The first-order chi connectivity index (χ1) is 14.8. The van der Waals surface area contributed by atoms with Crippen LogP contribution in [0.25, 0.3) is 5.69 Å². The molecule has 2 aromatic carbocycles. The van der Waals surface area contributed by atoms with Gasteiger partial charge in [0, 0.05) is 18.2 Å². The van der Waals surface area contributed by atoms with Gasteiger partial charge in [0.25, 0.3) is 11.4 Å². The Labute approximate surface area is 173 Å². The minimum Gasteiger partial charge on any atom is -0.461 e. The van der Waals surface area contributed by atoms with Crippen molar-refractivity contribution in [3.8, 4) is 11.6 Å². The van der Waals surface area contributed by atoms with E-state index in [1.54, 1.807) is 37.3 Å². The molecule has 0 aliphatic carbocycles. The second-order valence-electron chi connectivity index (χ2n) is 5.98. The molecule has 3 rings (SSSR count). The molecule has 158 valence electrons. The van der Waals surface area contributed by atoms with Crippen molar-refractivity contribution in [3.05, 3.63) is 86.1 Å². The van der Waals surface area contributed by atoms with Crippen molar-refractivity contribution >= 4 is 23.3 Å². The van der Waals surface area contributed by atoms with Crippen molar-refractivity contribution in [3.63, 3.8) is 0 Å². The van der Waals surface area contributed by atoms with Crippen molar-refractivity contribution in [1.29, 1.82) is 0 Å². The van der Waals surface area contributed by atoms with Gasteiger partial charge in [-0.25, -0.2) is 9.59 Å². The predicted octanol–water partition coefficient (Wildman–Crippen LogP) is 3.08. The summed E-state index contributed by atoms with van der Waals surface area (Å²) in [4.78, 5) is 45.1. The molecular weight excluding hydrogens is 412 g/mol. The number of para-hydroxylation sites is 1. The number of carbonyl (C=O) groups is 2. The van der Waals surface area contributed by atoms with Gasteiger partial charge >= 0.3 is 11.9 Å². The number of nitro benzene ring substituents is 2. The zero-order chi connectivity index (χ0) is 22.5. The molecule has 0 bridgehead atoms. The van der Waals surface area contributed by atoms with Crippen LogP contribution in [0.15, 0.2) is 54.6 Å². The Balaban J connectivity index is 2.02. The molecule has 0 spiro atoms. The third-order valence-corrected chi connectivity index (χ3v) is 3.92. The van der Waals surface area contributed by atoms with E-state index in [2.05, 4.69) is 5.10 Å². The zero-order valence-corrected chi connectivity index (χ0v) is 16.0. The number of hydrogen-bond acceptors (Lipinski definition) is 9. The van der Waals surface area contributed by atoms with Gasteiger partial charge < -0.3 is 9.47 Å². The highest BCUT2D eigenvalue weighted by Gasteiger charge is 2.24. The number of hydrogen-bond donors (Lipinski definition) is 0. The van der Waals surface area contributed by atoms with Gasteiger partial charge in [0.2, 0.25) is 5.88 Å². The second kappa shape index (κ2) is 8.82. The lowest BCUT2D eigenvalue weighted by atomic mass is 10.2. The van der Waals surface area contributed by atoms with Gasteiger partial charge in [0.15, 0.2) is 5.69 Å². The first kappa shape index (κ1) is 21.1. The minimum absolute atomic E-state index is 0.101. The Kier molecular flexibility index (Phi) is 6.00. The quantitative estimate of drug-likeness (QED) is 0.314. The zero-order valence-electron chi connectivity index (χ0n) is 16.0. The Bertz CT molecular complexity index is 1140. The van der Waals surface area contributed by atoms with Crippen LogP contribution in [0, 0.1) is 20.2 Å². The fourth-order valence-electron chi connectivity index (χ4n) is 2.57. The molecule has 0 radical (unpaired) electrons. The molecule has 0 aliphatic rings. The molecule has 12 heteroatoms. The summed E-state index contributed by atoms with van der Waals surface area (Å²) in [5, 5.41) is 26.2. The molecule has 31 heavy (non-hydrogen) atoms. The number of nitro groups is 2. The molecule has 3 aromatic rings. The molecule has 0 aliphatic heterocycles. The highest BCUT2D eigenvalue weighted by molar-refractivity contribution is 5.93. The summed E-state index contributed by atoms with van der Waals surface area (Å²) in [5.41, 5.74) is -1.40. The normalized spacial score (nSPS) is 10.4. The number of aromatic nitrogens is 2. The lowest BCUT2D eigenvalue weighted by Crippen LogP contribution is -2.12. The third kappa shape index (κ3) is 4.70. The first-order valence-corrected chi connectivity index (χ1v) is 8.78. The van der Waals surface area contributed by atoms with Crippen molar-refractivity contribution in [1.82, 2.24) is 9.78 Å². The van der Waals surface area contributed by atoms with Gasteiger partial charge in [-0.15, -0.1) is 0 Å². The van der Waals surface area contributed by atoms with Crippen LogP contribution in [0.1, 0.15) is 27.8 Å². The maximum absolute atomic E-state index is 12.6. The van der Waals surface area contributed by atoms with Gasteiger partial charge in [0.1, 0.15) is 0 Å². The summed E-state index contributed by atoms with van der Waals surface area (Å²) in [6.45, 7) is 1.71. The molecule has 0 unspecified atom stereocenters. The van der Waals surface area contributed by atoms with Crippen LogP contribution in [0.5, 0.6) is 5.88 Å². The molecule has 12 nitrogen and oxygen atoms in total. The SMILES string of the molecule is CCOC(=O)c1cc(OC(=O)c2cc([N+](=O)[O-])cc([N+](=O)[O-])c2)n(-c2ccccc2)n1. The van der Waals surface area contributed by atoms with E-state index >= 15 is 0 Å². The van der Waals surface area contributed by atoms with E-state index < -0.39 is 38.7 Å². The van der Waals surface area contributed by atoms with Crippen LogP contribution in [0.4, 0.5) is 11.4 Å². The van der Waals surface area contributed by atoms with Crippen molar-refractivity contribution in [2.45, 2.75) is 6.92 Å². The summed E-state index contributed by atoms with van der Waals surface area (Å²) >= 11 is 0. The molecule has 0 saturated heterocycles. The molecule has 0 fully saturated rings. The number of esters is 2. The van der Waals surface area contributed by atoms with Gasteiger partial charge in [0.05, 0.1) is 33.8 Å². The molecule has 1 heterocycles. The summed E-state index contributed by atoms with van der Waals surface area (Å²) in [5.74, 6) is -2.05. The summed E-state index contributed by atoms with van der Waals surface area (Å²) in [6, 6.07) is 12.0. The fraction of sp³-hybridized carbons (Fsp3) is 0.105. The van der Waals surface area contributed by atoms with Crippen LogP contribution >= 0.6 is 0 Å². The highest BCUT2D eigenvalue weighted by atomic mass is 16.6. The third-order valence-electron chi connectivity index (χ3n) is 3.92. The average molecular weight is 426 g/mol. The smallest absolute Gasteiger partial charge is 0.358 e. The number of ether oxygens (including phenoxy) is 2. The molecule has 0 saturated carbocycles. The van der Waals surface area contributed by atoms with Gasteiger partial charge in [-0.3, -0.25) is 20.2 Å². The number of benzene rings is 2. The Hall–Kier alpha value is -4.61. The predicted molar refractivity (Wildman–Crippen MR) is 104 cm³/mol. The summed E-state index contributed by atoms with van der Waals surface area (Å²) in [7, 11) is 0. The van der Waals surface area contributed by atoms with Gasteiger partial charge in [-0.05, 0) is 19.1 Å². The van der Waals surface area contributed by atoms with Crippen LogP contribution < -0.4 is 4.74 Å². The monoisotopic (exact) mass is 426 g/mol. The highest BCUT2D eigenvalue weighted by Crippen LogP contribution is 2.25. The second-order valence-corrected chi connectivity index (χ2v) is 5.98. The molecule has 0 N–H and O–H groups in total. The van der Waals surface area contributed by atoms with E-state index in [0.29, 0.717) is 5.69 Å². The van der Waals surface area contributed by atoms with E-state index in [1.807, 2.05) is 0 Å². The average Bonchev–Trinajstić information content (AvgIpc) is 3.18. The van der Waals surface area contributed by atoms with Crippen LogP contribution in [-0.4, -0.2) is 38.2 Å². The Morgan fingerprint density at radius 1 is 0.968 bits per heavy atom. The lowest BCUT2D eigenvalue weighted by molar-refractivity contribution is -0.394. The topological polar surface area (TPSA) is 157 Å². The van der Waals surface area contributed by atoms with Crippen molar-refractivity contribution < 1.29 is 28.9 Å². The van der Waals surface area contributed by atoms with Gasteiger partial charge in [-0.2, -0.15) is 9.78 Å².